The van der Waals surface area contributed by atoms with E-state index in [1.807, 2.05) is 0 Å². The maximum Gasteiger partial charge on any atom is 0.122 e. The second-order valence-corrected chi connectivity index (χ2v) is 7.76. The first kappa shape index (κ1) is 15.2. The standard InChI is InChI=1S/C18H27NOS/c1-3-17(19-15-6-7-16(12-15)21-4-2)13-5-8-18-14(11-13)9-10-20-18/h5,8,11,15-17,19H,3-4,6-7,9-10,12H2,1-2H3. The highest BCUT2D eigenvalue weighted by Crippen LogP contribution is 2.33. The molecular formula is C18H27NOS. The highest BCUT2D eigenvalue weighted by atomic mass is 32.2. The lowest BCUT2D eigenvalue weighted by atomic mass is 9.99. The van der Waals surface area contributed by atoms with Crippen LogP contribution in [0.3, 0.4) is 0 Å². The van der Waals surface area contributed by atoms with Crippen molar-refractivity contribution in [1.82, 2.24) is 5.32 Å². The molecule has 116 valence electrons. The second kappa shape index (κ2) is 7.06. The van der Waals surface area contributed by atoms with Gasteiger partial charge in [-0.25, -0.2) is 0 Å². The summed E-state index contributed by atoms with van der Waals surface area (Å²) in [6, 6.07) is 7.96. The number of nitrogens with one attached hydrogen (secondary N) is 1. The fourth-order valence-corrected chi connectivity index (χ4v) is 4.78. The van der Waals surface area contributed by atoms with Crippen molar-refractivity contribution in [2.45, 2.75) is 63.3 Å². The number of rotatable bonds is 6. The van der Waals surface area contributed by atoms with E-state index in [0.29, 0.717) is 12.1 Å². The quantitative estimate of drug-likeness (QED) is 0.845. The normalized spacial score (nSPS) is 25.6. The average Bonchev–Trinajstić information content (AvgIpc) is 3.13. The van der Waals surface area contributed by atoms with Crippen LogP contribution >= 0.6 is 11.8 Å². The summed E-state index contributed by atoms with van der Waals surface area (Å²) in [7, 11) is 0. The van der Waals surface area contributed by atoms with Gasteiger partial charge in [0.25, 0.3) is 0 Å². The van der Waals surface area contributed by atoms with E-state index in [4.69, 9.17) is 4.74 Å². The Bertz CT molecular complexity index is 476. The van der Waals surface area contributed by atoms with E-state index in [0.717, 1.165) is 30.4 Å². The molecule has 0 spiro atoms. The molecule has 1 N–H and O–H groups in total. The first-order valence-electron chi connectivity index (χ1n) is 8.43. The molecule has 3 heteroatoms. The summed E-state index contributed by atoms with van der Waals surface area (Å²) in [4.78, 5) is 0. The Morgan fingerprint density at radius 1 is 1.33 bits per heavy atom. The van der Waals surface area contributed by atoms with Crippen LogP contribution < -0.4 is 10.1 Å². The average molecular weight is 305 g/mol. The van der Waals surface area contributed by atoms with Gasteiger partial charge in [-0.05, 0) is 48.6 Å². The molecule has 21 heavy (non-hydrogen) atoms. The van der Waals surface area contributed by atoms with Gasteiger partial charge in [0.15, 0.2) is 0 Å². The molecule has 1 saturated carbocycles. The van der Waals surface area contributed by atoms with Crippen LogP contribution in [0.25, 0.3) is 0 Å². The summed E-state index contributed by atoms with van der Waals surface area (Å²) in [6.45, 7) is 5.41. The zero-order valence-corrected chi connectivity index (χ0v) is 14.0. The minimum atomic E-state index is 0.492. The van der Waals surface area contributed by atoms with Crippen molar-refractivity contribution in [3.63, 3.8) is 0 Å². The molecule has 1 aliphatic carbocycles. The van der Waals surface area contributed by atoms with E-state index in [1.165, 1.54) is 36.1 Å². The van der Waals surface area contributed by atoms with Gasteiger partial charge in [0.05, 0.1) is 6.61 Å². The molecule has 1 aromatic rings. The maximum absolute atomic E-state index is 5.62. The van der Waals surface area contributed by atoms with E-state index >= 15 is 0 Å². The summed E-state index contributed by atoms with van der Waals surface area (Å²) in [5.74, 6) is 2.34. The molecule has 3 unspecified atom stereocenters. The molecule has 0 saturated heterocycles. The monoisotopic (exact) mass is 305 g/mol. The van der Waals surface area contributed by atoms with Crippen LogP contribution in [0.4, 0.5) is 0 Å². The summed E-state index contributed by atoms with van der Waals surface area (Å²) < 4.78 is 5.62. The highest BCUT2D eigenvalue weighted by molar-refractivity contribution is 7.99. The van der Waals surface area contributed by atoms with Gasteiger partial charge in [0.1, 0.15) is 5.75 Å². The van der Waals surface area contributed by atoms with Crippen molar-refractivity contribution in [2.75, 3.05) is 12.4 Å². The summed E-state index contributed by atoms with van der Waals surface area (Å²) >= 11 is 2.13. The van der Waals surface area contributed by atoms with Crippen molar-refractivity contribution in [3.8, 4) is 5.75 Å². The molecule has 3 atom stereocenters. The Labute approximate surface area is 133 Å². The number of fused-ring (bicyclic) bond motifs is 1. The van der Waals surface area contributed by atoms with Crippen LogP contribution in [-0.4, -0.2) is 23.7 Å². The lowest BCUT2D eigenvalue weighted by molar-refractivity contribution is 0.356. The fraction of sp³-hybridized carbons (Fsp3) is 0.667. The lowest BCUT2D eigenvalue weighted by Gasteiger charge is -2.23. The van der Waals surface area contributed by atoms with Crippen molar-refractivity contribution in [2.24, 2.45) is 0 Å². The van der Waals surface area contributed by atoms with Gasteiger partial charge in [-0.2, -0.15) is 11.8 Å². The molecule has 2 aliphatic rings. The fourth-order valence-electron chi connectivity index (χ4n) is 3.64. The van der Waals surface area contributed by atoms with Gasteiger partial charge in [-0.1, -0.05) is 26.0 Å². The van der Waals surface area contributed by atoms with Gasteiger partial charge in [-0.3, -0.25) is 0 Å². The van der Waals surface area contributed by atoms with E-state index < -0.39 is 0 Å². The number of thioether (sulfide) groups is 1. The molecule has 0 aromatic heterocycles. The van der Waals surface area contributed by atoms with Gasteiger partial charge >= 0.3 is 0 Å². The first-order chi connectivity index (χ1) is 10.3. The number of ether oxygens (including phenoxy) is 1. The zero-order valence-electron chi connectivity index (χ0n) is 13.2. The summed E-state index contributed by atoms with van der Waals surface area (Å²) in [5.41, 5.74) is 2.83. The SMILES string of the molecule is CCSC1CCC(NC(CC)c2ccc3c(c2)CCO3)C1. The molecule has 1 aromatic carbocycles. The van der Waals surface area contributed by atoms with Crippen molar-refractivity contribution in [3.05, 3.63) is 29.3 Å². The van der Waals surface area contributed by atoms with Crippen LogP contribution in [0.15, 0.2) is 18.2 Å². The summed E-state index contributed by atoms with van der Waals surface area (Å²) in [5, 5.41) is 4.78. The van der Waals surface area contributed by atoms with Crippen LogP contribution in [-0.2, 0) is 6.42 Å². The Morgan fingerprint density at radius 3 is 3.05 bits per heavy atom. The van der Waals surface area contributed by atoms with Gasteiger partial charge in [-0.15, -0.1) is 0 Å². The predicted molar refractivity (Wildman–Crippen MR) is 91.4 cm³/mol. The highest BCUT2D eigenvalue weighted by Gasteiger charge is 2.26. The van der Waals surface area contributed by atoms with Crippen molar-refractivity contribution < 1.29 is 4.74 Å². The minimum Gasteiger partial charge on any atom is -0.493 e. The molecule has 0 amide bonds. The largest absolute Gasteiger partial charge is 0.493 e. The second-order valence-electron chi connectivity index (χ2n) is 6.18. The molecular weight excluding hydrogens is 278 g/mol. The molecule has 1 fully saturated rings. The van der Waals surface area contributed by atoms with Crippen molar-refractivity contribution in [1.29, 1.82) is 0 Å². The molecule has 0 bridgehead atoms. The number of hydrogen-bond donors (Lipinski definition) is 1. The van der Waals surface area contributed by atoms with Crippen LogP contribution in [0.2, 0.25) is 0 Å². The predicted octanol–water partition coefficient (Wildman–Crippen LogP) is 4.34. The third-order valence-electron chi connectivity index (χ3n) is 4.75. The van der Waals surface area contributed by atoms with E-state index in [1.54, 1.807) is 0 Å². The molecule has 0 radical (unpaired) electrons. The van der Waals surface area contributed by atoms with E-state index in [-0.39, 0.29) is 0 Å². The third-order valence-corrected chi connectivity index (χ3v) is 5.98. The minimum absolute atomic E-state index is 0.492. The van der Waals surface area contributed by atoms with Gasteiger partial charge < -0.3 is 10.1 Å². The smallest absolute Gasteiger partial charge is 0.122 e. The molecule has 1 aliphatic heterocycles. The lowest BCUT2D eigenvalue weighted by Crippen LogP contribution is -2.31. The van der Waals surface area contributed by atoms with E-state index in [2.05, 4.69) is 49.1 Å². The third kappa shape index (κ3) is 3.57. The van der Waals surface area contributed by atoms with Gasteiger partial charge in [0.2, 0.25) is 0 Å². The zero-order chi connectivity index (χ0) is 14.7. The Hall–Kier alpha value is -0.670. The van der Waals surface area contributed by atoms with Crippen LogP contribution in [0.1, 0.15) is 56.7 Å². The Balaban J connectivity index is 1.63. The summed E-state index contributed by atoms with van der Waals surface area (Å²) in [6.07, 6.45) is 6.27. The van der Waals surface area contributed by atoms with Crippen LogP contribution in [0, 0.1) is 0 Å². The Morgan fingerprint density at radius 2 is 2.24 bits per heavy atom. The topological polar surface area (TPSA) is 21.3 Å². The van der Waals surface area contributed by atoms with E-state index in [9.17, 15) is 0 Å². The first-order valence-corrected chi connectivity index (χ1v) is 9.48. The maximum atomic E-state index is 5.62. The Kier molecular flexibility index (Phi) is 5.12. The molecule has 3 rings (SSSR count). The van der Waals surface area contributed by atoms with Gasteiger partial charge in [0, 0.05) is 23.8 Å². The van der Waals surface area contributed by atoms with Crippen molar-refractivity contribution >= 4 is 11.8 Å². The number of benzene rings is 1. The number of hydrogen-bond acceptors (Lipinski definition) is 3. The van der Waals surface area contributed by atoms with Crippen LogP contribution in [0.5, 0.6) is 5.75 Å². The molecule has 1 heterocycles. The molecule has 2 nitrogen and oxygen atoms in total.